The molecule has 1 aromatic carbocycles. The molecule has 3 aliphatic rings. The molecule has 162 valence electrons. The van der Waals surface area contributed by atoms with Crippen molar-refractivity contribution in [1.82, 2.24) is 14.5 Å². The topological polar surface area (TPSA) is 107 Å². The number of hydrogen-bond acceptors (Lipinski definition) is 5. The second kappa shape index (κ2) is 7.05. The molecule has 30 heavy (non-hydrogen) atoms. The highest BCUT2D eigenvalue weighted by Crippen LogP contribution is 2.36. The van der Waals surface area contributed by atoms with E-state index in [-0.39, 0.29) is 48.7 Å². The maximum atomic E-state index is 13.2. The molecule has 3 heterocycles. The van der Waals surface area contributed by atoms with Crippen molar-refractivity contribution in [3.05, 3.63) is 23.8 Å². The van der Waals surface area contributed by atoms with Gasteiger partial charge in [-0.25, -0.2) is 13.2 Å². The Balaban J connectivity index is 1.54. The van der Waals surface area contributed by atoms with Gasteiger partial charge >= 0.3 is 6.03 Å². The van der Waals surface area contributed by atoms with Crippen molar-refractivity contribution in [2.75, 3.05) is 24.5 Å². The van der Waals surface area contributed by atoms with Crippen molar-refractivity contribution in [1.29, 1.82) is 0 Å². The van der Waals surface area contributed by atoms with Crippen LogP contribution in [0.15, 0.2) is 23.1 Å². The van der Waals surface area contributed by atoms with Crippen LogP contribution in [0.25, 0.3) is 0 Å². The molecule has 0 unspecified atom stereocenters. The molecule has 4 rings (SSSR count). The highest BCUT2D eigenvalue weighted by Gasteiger charge is 2.52. The summed E-state index contributed by atoms with van der Waals surface area (Å²) in [5.74, 6) is -0.342. The third kappa shape index (κ3) is 3.01. The highest BCUT2D eigenvalue weighted by molar-refractivity contribution is 7.89. The zero-order chi connectivity index (χ0) is 21.8. The number of urea groups is 1. The van der Waals surface area contributed by atoms with E-state index in [0.717, 1.165) is 11.3 Å². The maximum Gasteiger partial charge on any atom is 0.325 e. The summed E-state index contributed by atoms with van der Waals surface area (Å²) in [6, 6.07) is 4.45. The monoisotopic (exact) mass is 434 g/mol. The largest absolute Gasteiger partial charge is 0.325 e. The Hall–Kier alpha value is -2.46. The summed E-state index contributed by atoms with van der Waals surface area (Å²) in [7, 11) is -3.74. The predicted molar refractivity (Wildman–Crippen MR) is 109 cm³/mol. The van der Waals surface area contributed by atoms with Crippen LogP contribution in [0.5, 0.6) is 0 Å². The number of nitrogens with zero attached hydrogens (tertiary/aromatic N) is 3. The first kappa shape index (κ1) is 20.8. The fraction of sp³-hybridized carbons (Fsp3) is 0.550. The van der Waals surface area contributed by atoms with Crippen molar-refractivity contribution in [2.24, 2.45) is 0 Å². The van der Waals surface area contributed by atoms with E-state index in [2.05, 4.69) is 5.32 Å². The Morgan fingerprint density at radius 1 is 1.23 bits per heavy atom. The molecule has 1 spiro atoms. The minimum atomic E-state index is -3.74. The van der Waals surface area contributed by atoms with E-state index in [1.165, 1.54) is 22.2 Å². The quantitative estimate of drug-likeness (QED) is 0.717. The molecule has 4 amide bonds. The van der Waals surface area contributed by atoms with E-state index in [1.807, 2.05) is 6.92 Å². The van der Waals surface area contributed by atoms with Crippen LogP contribution in [0.2, 0.25) is 0 Å². The van der Waals surface area contributed by atoms with E-state index in [4.69, 9.17) is 0 Å². The molecule has 1 N–H and O–H groups in total. The van der Waals surface area contributed by atoms with Crippen LogP contribution >= 0.6 is 0 Å². The molecule has 0 aromatic heterocycles. The maximum absolute atomic E-state index is 13.2. The van der Waals surface area contributed by atoms with Crippen molar-refractivity contribution >= 4 is 33.6 Å². The number of rotatable bonds is 3. The molecule has 2 saturated heterocycles. The third-order valence-electron chi connectivity index (χ3n) is 6.38. The first-order chi connectivity index (χ1) is 14.1. The van der Waals surface area contributed by atoms with Crippen LogP contribution in [-0.2, 0) is 26.0 Å². The second-order valence-corrected chi connectivity index (χ2v) is 10.1. The van der Waals surface area contributed by atoms with E-state index in [1.54, 1.807) is 24.0 Å². The molecule has 0 saturated carbocycles. The lowest BCUT2D eigenvalue weighted by Gasteiger charge is -2.36. The first-order valence-electron chi connectivity index (χ1n) is 10.2. The van der Waals surface area contributed by atoms with Gasteiger partial charge in [-0.05, 0) is 56.9 Å². The summed E-state index contributed by atoms with van der Waals surface area (Å²) in [5.41, 5.74) is 0.587. The number of hydrogen-bond donors (Lipinski definition) is 1. The zero-order valence-corrected chi connectivity index (χ0v) is 18.2. The van der Waals surface area contributed by atoms with Crippen molar-refractivity contribution < 1.29 is 22.8 Å². The van der Waals surface area contributed by atoms with Gasteiger partial charge in [-0.15, -0.1) is 0 Å². The van der Waals surface area contributed by atoms with Gasteiger partial charge in [-0.3, -0.25) is 14.5 Å². The molecule has 1 atom stereocenters. The van der Waals surface area contributed by atoms with E-state index >= 15 is 0 Å². The number of fused-ring (bicyclic) bond motifs is 1. The average molecular weight is 435 g/mol. The SMILES string of the molecule is CCN1C(=O)NC2(CCN(S(=O)(=O)c3ccc4c(c3)C[C@H](C)N4C(C)=O)CC2)C1=O. The number of imide groups is 1. The van der Waals surface area contributed by atoms with Gasteiger partial charge in [-0.1, -0.05) is 0 Å². The van der Waals surface area contributed by atoms with E-state index in [9.17, 15) is 22.8 Å². The summed E-state index contributed by atoms with van der Waals surface area (Å²) in [4.78, 5) is 39.6. The Morgan fingerprint density at radius 3 is 2.47 bits per heavy atom. The first-order valence-corrected chi connectivity index (χ1v) is 11.6. The number of sulfonamides is 1. The number of benzene rings is 1. The lowest BCUT2D eigenvalue weighted by Crippen LogP contribution is -2.55. The van der Waals surface area contributed by atoms with Crippen LogP contribution in [0, 0.1) is 0 Å². The van der Waals surface area contributed by atoms with Gasteiger partial charge in [0.25, 0.3) is 5.91 Å². The van der Waals surface area contributed by atoms with Crippen LogP contribution in [-0.4, -0.2) is 66.7 Å². The van der Waals surface area contributed by atoms with Gasteiger partial charge in [0.05, 0.1) is 4.90 Å². The predicted octanol–water partition coefficient (Wildman–Crippen LogP) is 1.08. The average Bonchev–Trinajstić information content (AvgIpc) is 3.14. The van der Waals surface area contributed by atoms with E-state index < -0.39 is 21.6 Å². The molecule has 2 fully saturated rings. The summed E-state index contributed by atoms with van der Waals surface area (Å²) < 4.78 is 27.8. The minimum Gasteiger partial charge on any atom is -0.323 e. The number of piperidine rings is 1. The van der Waals surface area contributed by atoms with Crippen molar-refractivity contribution in [2.45, 2.75) is 56.5 Å². The number of carbonyl (C=O) groups is 3. The van der Waals surface area contributed by atoms with Gasteiger partial charge in [0.2, 0.25) is 15.9 Å². The molecule has 3 aliphatic heterocycles. The molecule has 9 nitrogen and oxygen atoms in total. The van der Waals surface area contributed by atoms with Gasteiger partial charge in [-0.2, -0.15) is 4.31 Å². The van der Waals surface area contributed by atoms with Crippen LogP contribution in [0.4, 0.5) is 10.5 Å². The number of likely N-dealkylation sites (N-methyl/N-ethyl adjacent to an activating group) is 1. The molecule has 1 aromatic rings. The summed E-state index contributed by atoms with van der Waals surface area (Å²) >= 11 is 0. The number of amides is 4. The van der Waals surface area contributed by atoms with Gasteiger partial charge in [0, 0.05) is 38.3 Å². The Bertz CT molecular complexity index is 1030. The molecular formula is C20H26N4O5S. The minimum absolute atomic E-state index is 0.0104. The highest BCUT2D eigenvalue weighted by atomic mass is 32.2. The Kier molecular flexibility index (Phi) is 4.89. The lowest BCUT2D eigenvalue weighted by molar-refractivity contribution is -0.132. The normalized spacial score (nSPS) is 23.8. The van der Waals surface area contributed by atoms with Crippen molar-refractivity contribution in [3.8, 4) is 0 Å². The van der Waals surface area contributed by atoms with Gasteiger partial charge < -0.3 is 10.2 Å². The molecule has 0 radical (unpaired) electrons. The number of nitrogens with one attached hydrogen (secondary N) is 1. The molecule has 0 bridgehead atoms. The van der Waals surface area contributed by atoms with Crippen molar-refractivity contribution in [3.63, 3.8) is 0 Å². The zero-order valence-electron chi connectivity index (χ0n) is 17.3. The third-order valence-corrected chi connectivity index (χ3v) is 8.28. The van der Waals surface area contributed by atoms with Gasteiger partial charge in [0.1, 0.15) is 5.54 Å². The number of carbonyl (C=O) groups excluding carboxylic acids is 3. The Labute approximate surface area is 176 Å². The standard InChI is InChI=1S/C20H26N4O5S/c1-4-23-18(26)20(21-19(23)27)7-9-22(10-8-20)30(28,29)16-5-6-17-15(12-16)11-13(2)24(17)14(3)25/h5-6,12-13H,4,7-11H2,1-3H3,(H,21,27)/t13-/m0/s1. The fourth-order valence-corrected chi connectivity index (χ4v) is 6.30. The summed E-state index contributed by atoms with van der Waals surface area (Å²) in [6.07, 6.45) is 1.09. The second-order valence-electron chi connectivity index (χ2n) is 8.20. The summed E-state index contributed by atoms with van der Waals surface area (Å²) in [5, 5.41) is 2.76. The molecule has 0 aliphatic carbocycles. The smallest absolute Gasteiger partial charge is 0.323 e. The van der Waals surface area contributed by atoms with E-state index in [0.29, 0.717) is 13.0 Å². The summed E-state index contributed by atoms with van der Waals surface area (Å²) in [6.45, 7) is 5.77. The van der Waals surface area contributed by atoms with Crippen LogP contribution in [0.3, 0.4) is 0 Å². The molecule has 10 heteroatoms. The Morgan fingerprint density at radius 2 is 1.90 bits per heavy atom. The fourth-order valence-electron chi connectivity index (χ4n) is 4.81. The lowest BCUT2D eigenvalue weighted by atomic mass is 9.88. The molecular weight excluding hydrogens is 408 g/mol. The van der Waals surface area contributed by atoms with Gasteiger partial charge in [0.15, 0.2) is 0 Å². The van der Waals surface area contributed by atoms with Crippen LogP contribution < -0.4 is 10.2 Å². The number of anilines is 1. The van der Waals surface area contributed by atoms with Crippen LogP contribution in [0.1, 0.15) is 39.2 Å².